The molecule has 0 unspecified atom stereocenters. The number of carbonyl (C=O) groups excluding carboxylic acids is 1. The number of amidine groups is 1. The molecule has 1 aliphatic carbocycles. The van der Waals surface area contributed by atoms with E-state index in [1.807, 2.05) is 6.08 Å². The monoisotopic (exact) mass is 540 g/mol. The zero-order chi connectivity index (χ0) is 27.6. The molecule has 2 heterocycles. The van der Waals surface area contributed by atoms with Crippen molar-refractivity contribution in [1.82, 2.24) is 4.90 Å². The summed E-state index contributed by atoms with van der Waals surface area (Å²) in [5.74, 6) is 6.16. The average Bonchev–Trinajstić information content (AvgIpc) is 3.73. The van der Waals surface area contributed by atoms with Crippen molar-refractivity contribution in [3.05, 3.63) is 71.6 Å². The Morgan fingerprint density at radius 2 is 1.92 bits per heavy atom. The molecule has 2 N–H and O–H groups in total. The Labute approximate surface area is 224 Å². The lowest BCUT2D eigenvalue weighted by molar-refractivity contribution is -0.207. The number of hydrogen-bond acceptors (Lipinski definition) is 4. The predicted molar refractivity (Wildman–Crippen MR) is 141 cm³/mol. The van der Waals surface area contributed by atoms with Crippen molar-refractivity contribution in [2.75, 3.05) is 23.7 Å². The molecule has 0 radical (unpaired) electrons. The van der Waals surface area contributed by atoms with E-state index in [-0.39, 0.29) is 17.3 Å². The van der Waals surface area contributed by atoms with Gasteiger partial charge in [0.1, 0.15) is 5.82 Å². The molecule has 3 aliphatic rings. The topological polar surface area (TPSA) is 66.0 Å². The van der Waals surface area contributed by atoms with Crippen LogP contribution in [0, 0.1) is 23.6 Å². The fraction of sp³-hybridized carbons (Fsp3) is 0.379. The molecular formula is C29H28F4N4O2. The molecule has 0 saturated heterocycles. The van der Waals surface area contributed by atoms with Gasteiger partial charge in [0.05, 0.1) is 5.54 Å². The second kappa shape index (κ2) is 10.6. The van der Waals surface area contributed by atoms with Crippen molar-refractivity contribution >= 4 is 23.4 Å². The molecule has 6 nitrogen and oxygen atoms in total. The van der Waals surface area contributed by atoms with Gasteiger partial charge in [-0.25, -0.2) is 14.2 Å². The van der Waals surface area contributed by atoms with Gasteiger partial charge in [-0.05, 0) is 56.5 Å². The first-order chi connectivity index (χ1) is 18.6. The van der Waals surface area contributed by atoms with E-state index in [0.29, 0.717) is 31.1 Å². The summed E-state index contributed by atoms with van der Waals surface area (Å²) in [7, 11) is 0. The van der Waals surface area contributed by atoms with Crippen LogP contribution in [-0.2, 0) is 10.3 Å². The number of aliphatic imine (C=N–C) groups is 1. The Hall–Kier alpha value is -4.00. The highest BCUT2D eigenvalue weighted by molar-refractivity contribution is 5.91. The van der Waals surface area contributed by atoms with Crippen LogP contribution < -0.4 is 10.6 Å². The molecule has 2 aliphatic heterocycles. The average molecular weight is 541 g/mol. The van der Waals surface area contributed by atoms with Crippen LogP contribution in [0.4, 0.5) is 33.7 Å². The lowest BCUT2D eigenvalue weighted by atomic mass is 9.85. The number of para-hydroxylation sites is 1. The summed E-state index contributed by atoms with van der Waals surface area (Å²) in [4.78, 5) is 18.8. The summed E-state index contributed by atoms with van der Waals surface area (Å²) in [5, 5.41) is 5.49. The molecule has 2 atom stereocenters. The third-order valence-corrected chi connectivity index (χ3v) is 6.88. The maximum atomic E-state index is 15.1. The van der Waals surface area contributed by atoms with E-state index >= 15 is 4.39 Å². The van der Waals surface area contributed by atoms with Crippen LogP contribution in [-0.4, -0.2) is 42.3 Å². The third-order valence-electron chi connectivity index (χ3n) is 6.88. The normalized spacial score (nSPS) is 23.0. The largest absolute Gasteiger partial charge is 0.452 e. The van der Waals surface area contributed by atoms with Crippen LogP contribution >= 0.6 is 0 Å². The van der Waals surface area contributed by atoms with E-state index in [0.717, 1.165) is 24.5 Å². The van der Waals surface area contributed by atoms with Gasteiger partial charge < -0.3 is 20.3 Å². The first kappa shape index (κ1) is 26.6. The number of carbonyl (C=O) groups is 1. The number of urea groups is 1. The predicted octanol–water partition coefficient (Wildman–Crippen LogP) is 6.44. The fourth-order valence-corrected chi connectivity index (χ4v) is 4.50. The third kappa shape index (κ3) is 6.53. The molecule has 1 saturated carbocycles. The minimum atomic E-state index is -4.70. The zero-order valence-electron chi connectivity index (χ0n) is 21.3. The number of anilines is 2. The number of halogens is 4. The maximum Gasteiger partial charge on any atom is 0.425 e. The number of nitrogens with one attached hydrogen (secondary N) is 2. The minimum absolute atomic E-state index is 0.0820. The van der Waals surface area contributed by atoms with E-state index in [1.165, 1.54) is 19.1 Å². The van der Waals surface area contributed by atoms with Crippen LogP contribution in [0.15, 0.2) is 65.2 Å². The van der Waals surface area contributed by atoms with Crippen LogP contribution in [0.3, 0.4) is 0 Å². The number of alkyl halides is 3. The van der Waals surface area contributed by atoms with Crippen LogP contribution in [0.2, 0.25) is 0 Å². The Morgan fingerprint density at radius 1 is 1.15 bits per heavy atom. The maximum absolute atomic E-state index is 15.1. The van der Waals surface area contributed by atoms with Crippen LogP contribution in [0.25, 0.3) is 0 Å². The van der Waals surface area contributed by atoms with Crippen molar-refractivity contribution in [1.29, 1.82) is 0 Å². The van der Waals surface area contributed by atoms with Crippen molar-refractivity contribution in [3.8, 4) is 11.8 Å². The van der Waals surface area contributed by atoms with Crippen molar-refractivity contribution in [2.45, 2.75) is 50.4 Å². The Balaban J connectivity index is 1.35. The quantitative estimate of drug-likeness (QED) is 0.348. The zero-order valence-corrected chi connectivity index (χ0v) is 21.3. The van der Waals surface area contributed by atoms with Gasteiger partial charge in [0.25, 0.3) is 6.02 Å². The smallest absolute Gasteiger partial charge is 0.425 e. The standard InChI is InChI=1S/C29H28F4N4O2/c1-28(18-25(29(31,32)33)39-26(36-28)34-21-5-3-2-4-6-21)23-17-22(11-12-24(23)30)35-27(38)37-15-13-20(14-16-37)10-9-19-7-8-19/h2-6,11-13,17,19,25H,7-8,14-16,18H2,1H3,(H,34,36)(H,35,38)/t25-,28-/m0/s1. The number of amides is 2. The van der Waals surface area contributed by atoms with Crippen LogP contribution in [0.5, 0.6) is 0 Å². The second-order valence-electron chi connectivity index (χ2n) is 10.1. The highest BCUT2D eigenvalue weighted by Crippen LogP contribution is 2.42. The molecule has 39 heavy (non-hydrogen) atoms. The van der Waals surface area contributed by atoms with Gasteiger partial charge in [0.15, 0.2) is 6.10 Å². The Bertz CT molecular complexity index is 1360. The second-order valence-corrected chi connectivity index (χ2v) is 10.1. The molecule has 5 rings (SSSR count). The van der Waals surface area contributed by atoms with Crippen LogP contribution in [0.1, 0.15) is 38.2 Å². The molecule has 2 amide bonds. The van der Waals surface area contributed by atoms with Gasteiger partial charge in [-0.15, -0.1) is 0 Å². The van der Waals surface area contributed by atoms with Gasteiger partial charge in [-0.2, -0.15) is 13.2 Å². The van der Waals surface area contributed by atoms with Gasteiger partial charge in [0, 0.05) is 47.9 Å². The van der Waals surface area contributed by atoms with E-state index in [4.69, 9.17) is 4.74 Å². The van der Waals surface area contributed by atoms with Gasteiger partial charge in [0.2, 0.25) is 0 Å². The van der Waals surface area contributed by atoms with Crippen molar-refractivity contribution < 1.29 is 27.1 Å². The van der Waals surface area contributed by atoms with Crippen molar-refractivity contribution in [2.24, 2.45) is 10.9 Å². The summed E-state index contributed by atoms with van der Waals surface area (Å²) >= 11 is 0. The molecular weight excluding hydrogens is 512 g/mol. The molecule has 0 aromatic heterocycles. The number of nitrogens with zero attached hydrogens (tertiary/aromatic N) is 2. The van der Waals surface area contributed by atoms with E-state index < -0.39 is 36.1 Å². The first-order valence-electron chi connectivity index (χ1n) is 12.8. The molecule has 1 fully saturated rings. The first-order valence-corrected chi connectivity index (χ1v) is 12.8. The number of benzene rings is 2. The van der Waals surface area contributed by atoms with Gasteiger partial charge in [-0.3, -0.25) is 0 Å². The van der Waals surface area contributed by atoms with Gasteiger partial charge >= 0.3 is 12.2 Å². The summed E-state index contributed by atoms with van der Waals surface area (Å²) < 4.78 is 61.7. The molecule has 2 aromatic carbocycles. The lowest BCUT2D eigenvalue weighted by Gasteiger charge is -2.37. The van der Waals surface area contributed by atoms with Crippen molar-refractivity contribution in [3.63, 3.8) is 0 Å². The highest BCUT2D eigenvalue weighted by atomic mass is 19.4. The molecule has 2 aromatic rings. The fourth-order valence-electron chi connectivity index (χ4n) is 4.50. The van der Waals surface area contributed by atoms with Gasteiger partial charge in [-0.1, -0.05) is 36.1 Å². The molecule has 0 bridgehead atoms. The Morgan fingerprint density at radius 3 is 2.59 bits per heavy atom. The highest BCUT2D eigenvalue weighted by Gasteiger charge is 2.50. The number of hydrogen-bond donors (Lipinski definition) is 2. The summed E-state index contributed by atoms with van der Waals surface area (Å²) in [6, 6.07) is 11.5. The van der Waals surface area contributed by atoms with E-state index in [9.17, 15) is 18.0 Å². The molecule has 204 valence electrons. The summed E-state index contributed by atoms with van der Waals surface area (Å²) in [5.41, 5.74) is 0.0355. The lowest BCUT2D eigenvalue weighted by Crippen LogP contribution is -2.45. The Kier molecular flexibility index (Phi) is 7.25. The minimum Gasteiger partial charge on any atom is -0.452 e. The summed E-state index contributed by atoms with van der Waals surface area (Å²) in [6.45, 7) is 2.28. The molecule has 0 spiro atoms. The summed E-state index contributed by atoms with van der Waals surface area (Å²) in [6.07, 6.45) is -2.68. The number of rotatable bonds is 3. The van der Waals surface area contributed by atoms with E-state index in [1.54, 1.807) is 35.2 Å². The molecule has 10 heteroatoms. The SMILES string of the molecule is C[C@@]1(c2cc(NC(=O)N3CC=C(C#CC4CC4)CC3)ccc2F)C[C@@H](C(F)(F)F)OC(Nc2ccccc2)=N1. The number of ether oxygens (including phenoxy) is 1. The van der Waals surface area contributed by atoms with E-state index in [2.05, 4.69) is 27.5 Å².